The lowest BCUT2D eigenvalue weighted by atomic mass is 10.2. The molecule has 0 saturated carbocycles. The fourth-order valence-corrected chi connectivity index (χ4v) is 3.55. The van der Waals surface area contributed by atoms with Gasteiger partial charge in [0.05, 0.1) is 10.7 Å². The van der Waals surface area contributed by atoms with E-state index in [1.165, 1.54) is 0 Å². The smallest absolute Gasteiger partial charge is 0.174 e. The summed E-state index contributed by atoms with van der Waals surface area (Å²) < 4.78 is 12.6. The van der Waals surface area contributed by atoms with Crippen LogP contribution in [0.15, 0.2) is 66.7 Å². The zero-order valence-electron chi connectivity index (χ0n) is 14.3. The van der Waals surface area contributed by atoms with Gasteiger partial charge in [-0.1, -0.05) is 48.0 Å². The Balaban J connectivity index is 1.73. The number of nitrogens with one attached hydrogen (secondary N) is 1. The third-order valence-corrected chi connectivity index (χ3v) is 5.06. The molecule has 0 aliphatic rings. The van der Waals surface area contributed by atoms with Crippen LogP contribution in [0.3, 0.4) is 0 Å². The minimum Gasteiger partial charge on any atom is -0.493 e. The quantitative estimate of drug-likeness (QED) is 0.413. The predicted molar refractivity (Wildman–Crippen MR) is 115 cm³/mol. The van der Waals surface area contributed by atoms with Gasteiger partial charge in [-0.25, -0.2) is 0 Å². The summed E-state index contributed by atoms with van der Waals surface area (Å²) in [5.74, 6) is 1.45. The van der Waals surface area contributed by atoms with E-state index in [4.69, 9.17) is 21.1 Å². The van der Waals surface area contributed by atoms with Gasteiger partial charge in [0.2, 0.25) is 0 Å². The first kappa shape index (κ1) is 18.9. The largest absolute Gasteiger partial charge is 0.493 e. The summed E-state index contributed by atoms with van der Waals surface area (Å²) in [5.41, 5.74) is 3.16. The van der Waals surface area contributed by atoms with Crippen molar-refractivity contribution in [3.05, 3.63) is 86.4 Å². The van der Waals surface area contributed by atoms with E-state index in [0.717, 1.165) is 26.1 Å². The van der Waals surface area contributed by atoms with Crippen molar-refractivity contribution in [2.24, 2.45) is 0 Å². The van der Waals surface area contributed by atoms with Gasteiger partial charge in [0.1, 0.15) is 6.61 Å². The second-order valence-corrected chi connectivity index (χ2v) is 7.28. The van der Waals surface area contributed by atoms with Crippen LogP contribution >= 0.6 is 34.2 Å². The van der Waals surface area contributed by atoms with Crippen molar-refractivity contribution in [1.82, 2.24) is 0 Å². The highest BCUT2D eigenvalue weighted by Gasteiger charge is 2.12. The predicted octanol–water partition coefficient (Wildman–Crippen LogP) is 6.14. The monoisotopic (exact) mass is 479 g/mol. The highest BCUT2D eigenvalue weighted by molar-refractivity contribution is 14.1. The Morgan fingerprint density at radius 3 is 2.46 bits per heavy atom. The van der Waals surface area contributed by atoms with E-state index in [2.05, 4.69) is 34.0 Å². The molecule has 26 heavy (non-hydrogen) atoms. The fourth-order valence-electron chi connectivity index (χ4n) is 2.54. The van der Waals surface area contributed by atoms with Crippen molar-refractivity contribution in [1.29, 1.82) is 0 Å². The summed E-state index contributed by atoms with van der Waals surface area (Å²) in [5, 5.41) is 4.11. The fraction of sp³-hybridized carbons (Fsp3) is 0.143. The minimum absolute atomic E-state index is 0.396. The van der Waals surface area contributed by atoms with Gasteiger partial charge in [-0.05, 0) is 58.5 Å². The molecule has 0 saturated heterocycles. The molecule has 0 aliphatic heterocycles. The molecule has 0 bridgehead atoms. The summed E-state index contributed by atoms with van der Waals surface area (Å²) >= 11 is 8.48. The van der Waals surface area contributed by atoms with Crippen LogP contribution in [-0.2, 0) is 13.2 Å². The molecule has 3 aromatic rings. The van der Waals surface area contributed by atoms with E-state index in [9.17, 15) is 0 Å². The molecule has 3 rings (SSSR count). The first-order chi connectivity index (χ1) is 12.7. The van der Waals surface area contributed by atoms with Gasteiger partial charge < -0.3 is 14.8 Å². The van der Waals surface area contributed by atoms with Crippen molar-refractivity contribution in [2.45, 2.75) is 13.2 Å². The molecule has 3 aromatic carbocycles. The summed E-state index contributed by atoms with van der Waals surface area (Å²) in [7, 11) is 1.65. The Morgan fingerprint density at radius 2 is 1.73 bits per heavy atom. The Bertz CT molecular complexity index is 871. The van der Waals surface area contributed by atoms with Crippen LogP contribution < -0.4 is 14.8 Å². The second kappa shape index (κ2) is 9.14. The molecule has 0 atom stereocenters. The lowest BCUT2D eigenvalue weighted by Gasteiger charge is -2.15. The van der Waals surface area contributed by atoms with Crippen molar-refractivity contribution in [3.63, 3.8) is 0 Å². The van der Waals surface area contributed by atoms with Crippen LogP contribution in [0.4, 0.5) is 5.69 Å². The normalized spacial score (nSPS) is 10.4. The van der Waals surface area contributed by atoms with Gasteiger partial charge in [-0.2, -0.15) is 0 Å². The van der Waals surface area contributed by atoms with Gasteiger partial charge >= 0.3 is 0 Å². The summed E-state index contributed by atoms with van der Waals surface area (Å²) in [6.07, 6.45) is 0. The zero-order valence-corrected chi connectivity index (χ0v) is 17.3. The molecule has 3 nitrogen and oxygen atoms in total. The first-order valence-corrected chi connectivity index (χ1v) is 9.64. The lowest BCUT2D eigenvalue weighted by molar-refractivity contribution is 0.282. The van der Waals surface area contributed by atoms with E-state index < -0.39 is 0 Å². The molecule has 5 heteroatoms. The van der Waals surface area contributed by atoms with E-state index >= 15 is 0 Å². The van der Waals surface area contributed by atoms with Gasteiger partial charge in [0.25, 0.3) is 0 Å². The topological polar surface area (TPSA) is 30.5 Å². The molecule has 134 valence electrons. The Morgan fingerprint density at radius 1 is 1.00 bits per heavy atom. The van der Waals surface area contributed by atoms with E-state index in [1.54, 1.807) is 7.11 Å². The number of halogens is 2. The molecule has 0 aromatic heterocycles. The van der Waals surface area contributed by atoms with Crippen LogP contribution in [0.5, 0.6) is 11.5 Å². The Kier molecular flexibility index (Phi) is 6.63. The number of methoxy groups -OCH3 is 1. The van der Waals surface area contributed by atoms with Gasteiger partial charge in [0, 0.05) is 22.8 Å². The lowest BCUT2D eigenvalue weighted by Crippen LogP contribution is -2.04. The summed E-state index contributed by atoms with van der Waals surface area (Å²) in [4.78, 5) is 0. The molecular formula is C21H19ClINO2. The maximum Gasteiger partial charge on any atom is 0.174 e. The van der Waals surface area contributed by atoms with Gasteiger partial charge in [0.15, 0.2) is 11.5 Å². The highest BCUT2D eigenvalue weighted by atomic mass is 127. The third-order valence-electron chi connectivity index (χ3n) is 3.89. The summed E-state index contributed by atoms with van der Waals surface area (Å²) in [6, 6.07) is 21.9. The molecule has 0 radical (unpaired) electrons. The van der Waals surface area contributed by atoms with E-state index in [-0.39, 0.29) is 0 Å². The standard InChI is InChI=1S/C21H19ClINO2/c1-25-20-12-15(13-24-17-8-3-2-4-9-17)11-19(23)21(20)26-14-16-7-5-6-10-18(16)22/h2-12,24H,13-14H2,1H3. The molecule has 0 aliphatic carbocycles. The minimum atomic E-state index is 0.396. The van der Waals surface area contributed by atoms with E-state index in [1.807, 2.05) is 60.7 Å². The maximum absolute atomic E-state index is 6.21. The number of para-hydroxylation sites is 1. The zero-order chi connectivity index (χ0) is 18.4. The van der Waals surface area contributed by atoms with Crippen LogP contribution in [0, 0.1) is 3.57 Å². The maximum atomic E-state index is 6.21. The molecule has 1 N–H and O–H groups in total. The number of rotatable bonds is 7. The number of hydrogen-bond donors (Lipinski definition) is 1. The van der Waals surface area contributed by atoms with Crippen LogP contribution in [0.1, 0.15) is 11.1 Å². The van der Waals surface area contributed by atoms with E-state index in [0.29, 0.717) is 23.9 Å². The van der Waals surface area contributed by atoms with Gasteiger partial charge in [-0.3, -0.25) is 0 Å². The average Bonchev–Trinajstić information content (AvgIpc) is 2.67. The molecule has 0 amide bonds. The molecular weight excluding hydrogens is 461 g/mol. The SMILES string of the molecule is COc1cc(CNc2ccccc2)cc(I)c1OCc1ccccc1Cl. The number of ether oxygens (including phenoxy) is 2. The van der Waals surface area contributed by atoms with Crippen molar-refractivity contribution < 1.29 is 9.47 Å². The third kappa shape index (κ3) is 4.83. The molecule has 0 fully saturated rings. The Labute approximate surface area is 172 Å². The second-order valence-electron chi connectivity index (χ2n) is 5.71. The number of benzene rings is 3. The number of hydrogen-bond acceptors (Lipinski definition) is 3. The van der Waals surface area contributed by atoms with Crippen molar-refractivity contribution >= 4 is 39.9 Å². The van der Waals surface area contributed by atoms with Crippen LogP contribution in [0.2, 0.25) is 5.02 Å². The first-order valence-electron chi connectivity index (χ1n) is 8.19. The highest BCUT2D eigenvalue weighted by Crippen LogP contribution is 2.35. The number of anilines is 1. The van der Waals surface area contributed by atoms with Crippen LogP contribution in [0.25, 0.3) is 0 Å². The molecule has 0 spiro atoms. The average molecular weight is 480 g/mol. The van der Waals surface area contributed by atoms with Crippen molar-refractivity contribution in [3.8, 4) is 11.5 Å². The molecule has 0 unspecified atom stereocenters. The van der Waals surface area contributed by atoms with Gasteiger partial charge in [-0.15, -0.1) is 0 Å². The Hall–Kier alpha value is -1.92. The molecule has 0 heterocycles. The summed E-state index contributed by atoms with van der Waals surface area (Å²) in [6.45, 7) is 1.11. The van der Waals surface area contributed by atoms with Crippen LogP contribution in [-0.4, -0.2) is 7.11 Å². The van der Waals surface area contributed by atoms with Crippen molar-refractivity contribution in [2.75, 3.05) is 12.4 Å².